The number of rotatable bonds is 21. The van der Waals surface area contributed by atoms with Crippen molar-refractivity contribution in [1.29, 1.82) is 0 Å². The fourth-order valence-corrected chi connectivity index (χ4v) is 10.7. The Balaban J connectivity index is 2.09. The van der Waals surface area contributed by atoms with Crippen LogP contribution in [0.1, 0.15) is 111 Å². The highest BCUT2D eigenvalue weighted by Crippen LogP contribution is 2.37. The summed E-state index contributed by atoms with van der Waals surface area (Å²) < 4.78 is 46.8. The Morgan fingerprint density at radius 2 is 1.18 bits per heavy atom. The summed E-state index contributed by atoms with van der Waals surface area (Å²) in [7, 11) is -3.17. The van der Waals surface area contributed by atoms with Crippen LogP contribution in [0.15, 0.2) is 60.7 Å². The molecule has 0 aliphatic heterocycles. The van der Waals surface area contributed by atoms with E-state index in [4.69, 9.17) is 4.43 Å². The van der Waals surface area contributed by atoms with E-state index in [-0.39, 0.29) is 6.42 Å². The first-order valence-electron chi connectivity index (χ1n) is 16.8. The van der Waals surface area contributed by atoms with E-state index >= 15 is 0 Å². The molecule has 2 rings (SSSR count). The van der Waals surface area contributed by atoms with Crippen molar-refractivity contribution in [1.82, 2.24) is 5.32 Å². The molecule has 0 saturated carbocycles. The summed E-state index contributed by atoms with van der Waals surface area (Å²) >= 11 is 0. The van der Waals surface area contributed by atoms with Gasteiger partial charge in [0, 0.05) is 0 Å². The van der Waals surface area contributed by atoms with Gasteiger partial charge in [-0.1, -0.05) is 165 Å². The highest BCUT2D eigenvalue weighted by Gasteiger charge is 2.51. The van der Waals surface area contributed by atoms with Gasteiger partial charge < -0.3 is 20.0 Å². The molecule has 0 bridgehead atoms. The minimum Gasteiger partial charge on any atom is -0.405 e. The molecule has 2 aromatic carbocycles. The molecule has 0 aliphatic rings. The van der Waals surface area contributed by atoms with Crippen molar-refractivity contribution in [3.05, 3.63) is 60.7 Å². The molecule has 0 radical (unpaired) electrons. The Hall–Kier alpha value is -2.20. The van der Waals surface area contributed by atoms with Gasteiger partial charge in [-0.25, -0.2) is 0 Å². The van der Waals surface area contributed by atoms with Crippen molar-refractivity contribution < 1.29 is 32.6 Å². The fraction of sp³-hybridized carbons (Fsp3) is 0.639. The van der Waals surface area contributed by atoms with E-state index in [2.05, 4.69) is 6.92 Å². The second kappa shape index (κ2) is 19.5. The van der Waals surface area contributed by atoms with Gasteiger partial charge in [0.2, 0.25) is 0 Å². The molecule has 0 aliphatic carbocycles. The zero-order chi connectivity index (χ0) is 33.3. The van der Waals surface area contributed by atoms with E-state index in [9.17, 15) is 28.2 Å². The largest absolute Gasteiger partial charge is 0.471 e. The summed E-state index contributed by atoms with van der Waals surface area (Å²) in [6.45, 7) is 7.91. The average Bonchev–Trinajstić information content (AvgIpc) is 3.00. The van der Waals surface area contributed by atoms with E-state index in [1.54, 1.807) is 0 Å². The van der Waals surface area contributed by atoms with Gasteiger partial charge in [0.25, 0.3) is 8.32 Å². The molecule has 3 atom stereocenters. The number of aliphatic hydroxyl groups is 2. The lowest BCUT2D eigenvalue weighted by atomic mass is 9.99. The van der Waals surface area contributed by atoms with Crippen molar-refractivity contribution >= 4 is 24.6 Å². The molecule has 0 spiro atoms. The van der Waals surface area contributed by atoms with E-state index in [0.29, 0.717) is 6.42 Å². The number of carbonyl (C=O) groups excluding carboxylic acids is 1. The van der Waals surface area contributed by atoms with Crippen LogP contribution in [-0.2, 0) is 9.22 Å². The van der Waals surface area contributed by atoms with Crippen LogP contribution >= 0.6 is 0 Å². The summed E-state index contributed by atoms with van der Waals surface area (Å²) in [6, 6.07) is 17.7. The molecule has 0 heterocycles. The van der Waals surface area contributed by atoms with Gasteiger partial charge >= 0.3 is 12.1 Å². The minimum absolute atomic E-state index is 0.218. The number of amides is 1. The monoisotopic (exact) mass is 651 g/mol. The zero-order valence-corrected chi connectivity index (χ0v) is 28.7. The third kappa shape index (κ3) is 12.5. The van der Waals surface area contributed by atoms with Gasteiger partial charge in [-0.2, -0.15) is 13.2 Å². The van der Waals surface area contributed by atoms with Gasteiger partial charge in [-0.05, 0) is 21.8 Å². The predicted octanol–water partition coefficient (Wildman–Crippen LogP) is 7.42. The SMILES string of the molecule is CCCCCCCCCCCCCC[C@@H](O)[C@@H](O)C(CO[Si](c1ccccc1)(c1ccccc1)C(C)(C)C)NC(=O)C(F)(F)F. The topological polar surface area (TPSA) is 78.8 Å². The first-order chi connectivity index (χ1) is 21.3. The van der Waals surface area contributed by atoms with Crippen LogP contribution < -0.4 is 15.7 Å². The molecule has 2 aromatic rings. The van der Waals surface area contributed by atoms with E-state index in [0.717, 1.165) is 29.6 Å². The number of nitrogens with one attached hydrogen (secondary N) is 1. The van der Waals surface area contributed by atoms with Crippen LogP contribution in [-0.4, -0.2) is 55.5 Å². The standard InChI is InChI=1S/C36H56F3NO4Si/c1-5-6-7-8-9-10-11-12-13-14-15-22-27-32(41)33(42)31(40-34(43)36(37,38)39)28-44-45(35(2,3)4,29-23-18-16-19-24-29)30-25-20-17-21-26-30/h16-21,23-26,31-33,41-42H,5-15,22,27-28H2,1-4H3,(H,40,43)/t31?,32-,33+/m1/s1. The first-order valence-corrected chi connectivity index (χ1v) is 18.7. The molecule has 0 saturated heterocycles. The molecular weight excluding hydrogens is 595 g/mol. The lowest BCUT2D eigenvalue weighted by Gasteiger charge is -2.44. The van der Waals surface area contributed by atoms with Crippen LogP contribution in [0.4, 0.5) is 13.2 Å². The fourth-order valence-electron chi connectivity index (χ4n) is 6.09. The summed E-state index contributed by atoms with van der Waals surface area (Å²) in [6.07, 6.45) is 5.85. The maximum Gasteiger partial charge on any atom is 0.471 e. The smallest absolute Gasteiger partial charge is 0.405 e. The number of benzene rings is 2. The quantitative estimate of drug-likeness (QED) is 0.0970. The second-order valence-corrected chi connectivity index (χ2v) is 17.6. The van der Waals surface area contributed by atoms with Crippen molar-refractivity contribution in [2.24, 2.45) is 0 Å². The first kappa shape index (κ1) is 39.0. The van der Waals surface area contributed by atoms with Crippen molar-refractivity contribution in [2.75, 3.05) is 6.61 Å². The number of hydrogen-bond acceptors (Lipinski definition) is 4. The van der Waals surface area contributed by atoms with Gasteiger partial charge in [0.15, 0.2) is 0 Å². The third-order valence-corrected chi connectivity index (χ3v) is 13.6. The Labute approximate surface area is 270 Å². The molecule has 254 valence electrons. The normalized spacial score (nSPS) is 14.6. The van der Waals surface area contributed by atoms with Crippen molar-refractivity contribution in [3.63, 3.8) is 0 Å². The molecular formula is C36H56F3NO4Si. The third-order valence-electron chi connectivity index (χ3n) is 8.63. The van der Waals surface area contributed by atoms with E-state index in [1.807, 2.05) is 86.8 Å². The Kier molecular flexibility index (Phi) is 16.9. The van der Waals surface area contributed by atoms with Gasteiger partial charge in [-0.3, -0.25) is 4.79 Å². The molecule has 9 heteroatoms. The van der Waals surface area contributed by atoms with Gasteiger partial charge in [0.1, 0.15) is 6.10 Å². The van der Waals surface area contributed by atoms with E-state index < -0.39 is 50.3 Å². The molecule has 3 N–H and O–H groups in total. The highest BCUT2D eigenvalue weighted by molar-refractivity contribution is 6.99. The number of hydrogen-bond donors (Lipinski definition) is 3. The highest BCUT2D eigenvalue weighted by atomic mass is 28.4. The lowest BCUT2D eigenvalue weighted by Crippen LogP contribution is -2.68. The summed E-state index contributed by atoms with van der Waals surface area (Å²) in [5.41, 5.74) is 0. The Morgan fingerprint density at radius 1 is 0.756 bits per heavy atom. The molecule has 1 unspecified atom stereocenters. The maximum atomic E-state index is 13.3. The van der Waals surface area contributed by atoms with Crippen LogP contribution in [0.5, 0.6) is 0 Å². The molecule has 5 nitrogen and oxygen atoms in total. The number of unbranched alkanes of at least 4 members (excludes halogenated alkanes) is 11. The summed E-state index contributed by atoms with van der Waals surface area (Å²) in [5, 5.41) is 25.3. The van der Waals surface area contributed by atoms with Crippen LogP contribution in [0.3, 0.4) is 0 Å². The lowest BCUT2D eigenvalue weighted by molar-refractivity contribution is -0.176. The van der Waals surface area contributed by atoms with Gasteiger partial charge in [0.05, 0.1) is 18.8 Å². The number of alkyl halides is 3. The van der Waals surface area contributed by atoms with Gasteiger partial charge in [-0.15, -0.1) is 0 Å². The van der Waals surface area contributed by atoms with Crippen molar-refractivity contribution in [2.45, 2.75) is 141 Å². The molecule has 45 heavy (non-hydrogen) atoms. The van der Waals surface area contributed by atoms with Crippen LogP contribution in [0, 0.1) is 0 Å². The second-order valence-electron chi connectivity index (χ2n) is 13.3. The molecule has 0 aromatic heterocycles. The number of aliphatic hydroxyl groups excluding tert-OH is 2. The van der Waals surface area contributed by atoms with E-state index in [1.165, 1.54) is 51.4 Å². The van der Waals surface area contributed by atoms with Crippen molar-refractivity contribution in [3.8, 4) is 0 Å². The zero-order valence-electron chi connectivity index (χ0n) is 27.7. The average molecular weight is 652 g/mol. The summed E-state index contributed by atoms with van der Waals surface area (Å²) in [4.78, 5) is 12.1. The predicted molar refractivity (Wildman–Crippen MR) is 179 cm³/mol. The maximum absolute atomic E-state index is 13.3. The molecule has 0 fully saturated rings. The van der Waals surface area contributed by atoms with Crippen LogP contribution in [0.2, 0.25) is 5.04 Å². The Bertz CT molecular complexity index is 1040. The number of halogens is 3. The minimum atomic E-state index is -5.14. The summed E-state index contributed by atoms with van der Waals surface area (Å²) in [5.74, 6) is -2.17. The Morgan fingerprint density at radius 3 is 1.58 bits per heavy atom. The number of carbonyl (C=O) groups is 1. The molecule has 1 amide bonds. The van der Waals surface area contributed by atoms with Crippen LogP contribution in [0.25, 0.3) is 0 Å².